The number of hydrogen-bond acceptors (Lipinski definition) is 1. The second-order valence-corrected chi connectivity index (χ2v) is 13.7. The van der Waals surface area contributed by atoms with E-state index < -0.39 is 5.41 Å². The highest BCUT2D eigenvalue weighted by Crippen LogP contribution is 2.60. The van der Waals surface area contributed by atoms with Crippen LogP contribution >= 0.6 is 31.9 Å². The van der Waals surface area contributed by atoms with Crippen molar-refractivity contribution in [3.63, 3.8) is 0 Å². The van der Waals surface area contributed by atoms with Gasteiger partial charge in [-0.3, -0.25) is 0 Å². The van der Waals surface area contributed by atoms with E-state index in [-0.39, 0.29) is 0 Å². The number of para-hydroxylation sites is 4. The zero-order valence-corrected chi connectivity index (χ0v) is 28.5. The van der Waals surface area contributed by atoms with E-state index >= 15 is 0 Å². The van der Waals surface area contributed by atoms with Gasteiger partial charge in [0.2, 0.25) is 0 Å². The molecule has 0 aliphatic carbocycles. The molecule has 0 spiro atoms. The fourth-order valence-corrected chi connectivity index (χ4v) is 8.69. The van der Waals surface area contributed by atoms with Crippen molar-refractivity contribution in [1.29, 1.82) is 0 Å². The molecule has 2 nitrogen and oxygen atoms in total. The van der Waals surface area contributed by atoms with Crippen LogP contribution in [0.4, 0.5) is 17.1 Å². The largest absolute Gasteiger partial charge is 0.309 e. The Kier molecular flexibility index (Phi) is 6.70. The lowest BCUT2D eigenvalue weighted by Crippen LogP contribution is -2.38. The first-order chi connectivity index (χ1) is 23.2. The maximum atomic E-state index is 4.05. The van der Waals surface area contributed by atoms with Crippen molar-refractivity contribution in [2.75, 3.05) is 4.90 Å². The van der Waals surface area contributed by atoms with Crippen molar-refractivity contribution < 1.29 is 0 Å². The lowest BCUT2D eigenvalue weighted by Gasteiger charge is -2.47. The van der Waals surface area contributed by atoms with Gasteiger partial charge in [-0.2, -0.15) is 0 Å². The lowest BCUT2D eigenvalue weighted by molar-refractivity contribution is 0.730. The Bertz CT molecular complexity index is 2350. The summed E-state index contributed by atoms with van der Waals surface area (Å²) in [6.45, 7) is 0. The molecule has 8 aromatic rings. The summed E-state index contributed by atoms with van der Waals surface area (Å²) < 4.78 is 4.44. The molecule has 0 saturated heterocycles. The van der Waals surface area contributed by atoms with Crippen LogP contribution in [0.1, 0.15) is 22.3 Å². The van der Waals surface area contributed by atoms with E-state index in [4.69, 9.17) is 0 Å². The van der Waals surface area contributed by atoms with E-state index in [2.05, 4.69) is 211 Å². The number of benzene rings is 7. The molecule has 0 N–H and O–H groups in total. The minimum atomic E-state index is -0.536. The monoisotopic (exact) mass is 730 g/mol. The molecule has 7 aromatic carbocycles. The van der Waals surface area contributed by atoms with Gasteiger partial charge in [0, 0.05) is 25.4 Å². The smallest absolute Gasteiger partial charge is 0.0742 e. The standard InChI is InChI=1S/C43H28Br2N2/c44-36-27-26-31(46-38-23-10-7-18-32(38)33-19-8-11-24-39(33)46)28-41(36)47-40-25-12-9-20-34(40)43(29-14-3-1-4-15-29,30-16-5-2-6-17-30)35-21-13-22-37(45)42(35)47/h1-28H. The van der Waals surface area contributed by atoms with Crippen LogP contribution in [-0.2, 0) is 5.41 Å². The van der Waals surface area contributed by atoms with E-state index in [1.165, 1.54) is 44.1 Å². The summed E-state index contributed by atoms with van der Waals surface area (Å²) in [6, 6.07) is 61.5. The maximum absolute atomic E-state index is 4.05. The van der Waals surface area contributed by atoms with Gasteiger partial charge in [-0.1, -0.05) is 127 Å². The number of hydrogen-bond donors (Lipinski definition) is 0. The van der Waals surface area contributed by atoms with E-state index in [9.17, 15) is 0 Å². The zero-order valence-electron chi connectivity index (χ0n) is 25.3. The molecule has 0 radical (unpaired) electrons. The van der Waals surface area contributed by atoms with Crippen LogP contribution in [0.2, 0.25) is 0 Å². The molecular weight excluding hydrogens is 704 g/mol. The molecule has 1 aliphatic heterocycles. The first-order valence-electron chi connectivity index (χ1n) is 15.8. The third-order valence-electron chi connectivity index (χ3n) is 9.59. The van der Waals surface area contributed by atoms with Gasteiger partial charge in [-0.05, 0) is 96.6 Å². The Hall–Kier alpha value is -4.90. The third-order valence-corrected chi connectivity index (χ3v) is 10.9. The second kappa shape index (κ2) is 11.1. The fourth-order valence-electron chi connectivity index (χ4n) is 7.72. The molecule has 47 heavy (non-hydrogen) atoms. The summed E-state index contributed by atoms with van der Waals surface area (Å²) >= 11 is 8.06. The normalized spacial score (nSPS) is 13.4. The quantitative estimate of drug-likeness (QED) is 0.175. The Morgan fingerprint density at radius 1 is 0.426 bits per heavy atom. The molecule has 2 heterocycles. The minimum Gasteiger partial charge on any atom is -0.309 e. The van der Waals surface area contributed by atoms with Crippen molar-refractivity contribution in [2.24, 2.45) is 0 Å². The van der Waals surface area contributed by atoms with Crippen molar-refractivity contribution in [1.82, 2.24) is 4.57 Å². The Labute approximate surface area is 290 Å². The van der Waals surface area contributed by atoms with Gasteiger partial charge in [0.25, 0.3) is 0 Å². The van der Waals surface area contributed by atoms with Crippen molar-refractivity contribution in [3.05, 3.63) is 201 Å². The summed E-state index contributed by atoms with van der Waals surface area (Å²) in [4.78, 5) is 2.43. The zero-order chi connectivity index (χ0) is 31.5. The van der Waals surface area contributed by atoms with Gasteiger partial charge < -0.3 is 9.47 Å². The van der Waals surface area contributed by atoms with E-state index in [1.54, 1.807) is 0 Å². The second-order valence-electron chi connectivity index (χ2n) is 12.0. The van der Waals surface area contributed by atoms with Crippen LogP contribution in [0.5, 0.6) is 0 Å². The molecule has 0 fully saturated rings. The van der Waals surface area contributed by atoms with E-state index in [0.29, 0.717) is 0 Å². The average Bonchev–Trinajstić information content (AvgIpc) is 3.46. The predicted octanol–water partition coefficient (Wildman–Crippen LogP) is 12.5. The molecule has 0 amide bonds. The molecule has 1 aromatic heterocycles. The van der Waals surface area contributed by atoms with Crippen molar-refractivity contribution in [3.8, 4) is 5.69 Å². The lowest BCUT2D eigenvalue weighted by atomic mass is 9.62. The molecule has 1 aliphatic rings. The minimum absolute atomic E-state index is 0.536. The van der Waals surface area contributed by atoms with Crippen LogP contribution in [0, 0.1) is 0 Å². The number of anilines is 3. The molecule has 9 rings (SSSR count). The predicted molar refractivity (Wildman–Crippen MR) is 203 cm³/mol. The van der Waals surface area contributed by atoms with Crippen LogP contribution in [-0.4, -0.2) is 4.57 Å². The highest BCUT2D eigenvalue weighted by Gasteiger charge is 2.47. The first-order valence-corrected chi connectivity index (χ1v) is 17.3. The van der Waals surface area contributed by atoms with Crippen molar-refractivity contribution in [2.45, 2.75) is 5.41 Å². The fraction of sp³-hybridized carbons (Fsp3) is 0.0233. The maximum Gasteiger partial charge on any atom is 0.0742 e. The number of halogens is 2. The highest BCUT2D eigenvalue weighted by molar-refractivity contribution is 9.11. The van der Waals surface area contributed by atoms with Gasteiger partial charge in [-0.25, -0.2) is 0 Å². The Balaban J connectivity index is 1.37. The molecule has 224 valence electrons. The molecule has 0 unspecified atom stereocenters. The van der Waals surface area contributed by atoms with Crippen LogP contribution in [0.25, 0.3) is 27.5 Å². The summed E-state index contributed by atoms with van der Waals surface area (Å²) in [7, 11) is 0. The average molecular weight is 733 g/mol. The molecule has 0 bridgehead atoms. The van der Waals surface area contributed by atoms with Crippen LogP contribution < -0.4 is 4.90 Å². The van der Waals surface area contributed by atoms with E-state index in [1.807, 2.05) is 0 Å². The summed E-state index contributed by atoms with van der Waals surface area (Å²) in [5, 5.41) is 2.50. The van der Waals surface area contributed by atoms with Gasteiger partial charge in [-0.15, -0.1) is 0 Å². The van der Waals surface area contributed by atoms with Crippen LogP contribution in [0.3, 0.4) is 0 Å². The SMILES string of the molecule is Brc1ccc(-n2c3ccccc3c3ccccc32)cc1N1c2ccccc2C(c2ccccc2)(c2ccccc2)c2cccc(Br)c21. The van der Waals surface area contributed by atoms with Gasteiger partial charge in [0.05, 0.1) is 33.5 Å². The third kappa shape index (κ3) is 4.15. The molecule has 4 heteroatoms. The Morgan fingerprint density at radius 2 is 0.979 bits per heavy atom. The number of nitrogens with zero attached hydrogens (tertiary/aromatic N) is 2. The first kappa shape index (κ1) is 28.3. The van der Waals surface area contributed by atoms with Gasteiger partial charge >= 0.3 is 0 Å². The molecule has 0 atom stereocenters. The van der Waals surface area contributed by atoms with Crippen molar-refractivity contribution >= 4 is 70.7 Å². The van der Waals surface area contributed by atoms with Crippen LogP contribution in [0.15, 0.2) is 179 Å². The summed E-state index contributed by atoms with van der Waals surface area (Å²) in [6.07, 6.45) is 0. The summed E-state index contributed by atoms with van der Waals surface area (Å²) in [5.74, 6) is 0. The number of aromatic nitrogens is 1. The topological polar surface area (TPSA) is 8.17 Å². The summed E-state index contributed by atoms with van der Waals surface area (Å²) in [5.41, 5.74) is 11.2. The molecule has 0 saturated carbocycles. The van der Waals surface area contributed by atoms with E-state index in [0.717, 1.165) is 31.7 Å². The Morgan fingerprint density at radius 3 is 1.64 bits per heavy atom. The number of fused-ring (bicyclic) bond motifs is 5. The number of rotatable bonds is 4. The van der Waals surface area contributed by atoms with Gasteiger partial charge in [0.15, 0.2) is 0 Å². The highest BCUT2D eigenvalue weighted by atomic mass is 79.9. The van der Waals surface area contributed by atoms with Gasteiger partial charge in [0.1, 0.15) is 0 Å². The molecular formula is C43H28Br2N2.